The van der Waals surface area contributed by atoms with Crippen molar-refractivity contribution in [3.8, 4) is 0 Å². The molecule has 0 saturated carbocycles. The van der Waals surface area contributed by atoms with Crippen molar-refractivity contribution in [2.45, 2.75) is 27.3 Å². The molecule has 0 unspecified atom stereocenters. The van der Waals surface area contributed by atoms with E-state index in [0.717, 1.165) is 23.6 Å². The average Bonchev–Trinajstić information content (AvgIpc) is 2.70. The van der Waals surface area contributed by atoms with E-state index in [-0.39, 0.29) is 0 Å². The number of nitrogens with zero attached hydrogens (tertiary/aromatic N) is 2. The lowest BCUT2D eigenvalue weighted by Crippen LogP contribution is -2.19. The second kappa shape index (κ2) is 5.84. The van der Waals surface area contributed by atoms with Crippen molar-refractivity contribution in [3.63, 3.8) is 0 Å². The molecule has 0 spiro atoms. The number of aryl methyl sites for hydroxylation is 3. The van der Waals surface area contributed by atoms with Gasteiger partial charge in [0.15, 0.2) is 5.11 Å². The minimum absolute atomic E-state index is 0.573. The number of hydrogen-bond acceptors (Lipinski definition) is 2. The molecule has 4 nitrogen and oxygen atoms in total. The van der Waals surface area contributed by atoms with E-state index in [0.29, 0.717) is 5.11 Å². The molecule has 0 bridgehead atoms. The maximum atomic E-state index is 5.31. The van der Waals surface area contributed by atoms with Crippen LogP contribution >= 0.6 is 12.2 Å². The summed E-state index contributed by atoms with van der Waals surface area (Å²) in [6.07, 6.45) is 1.96. The van der Waals surface area contributed by atoms with Crippen molar-refractivity contribution in [1.82, 2.24) is 9.78 Å². The van der Waals surface area contributed by atoms with E-state index in [1.165, 1.54) is 5.56 Å². The lowest BCUT2D eigenvalue weighted by molar-refractivity contribution is 0.653. The van der Waals surface area contributed by atoms with E-state index in [4.69, 9.17) is 12.2 Å². The third kappa shape index (κ3) is 3.54. The van der Waals surface area contributed by atoms with Crippen molar-refractivity contribution in [3.05, 3.63) is 41.7 Å². The van der Waals surface area contributed by atoms with E-state index in [2.05, 4.69) is 41.7 Å². The largest absolute Gasteiger partial charge is 0.332 e. The quantitative estimate of drug-likeness (QED) is 0.843. The summed E-state index contributed by atoms with van der Waals surface area (Å²) < 4.78 is 1.88. The summed E-state index contributed by atoms with van der Waals surface area (Å²) in [5, 5.41) is 11.3. The van der Waals surface area contributed by atoms with Gasteiger partial charge in [0, 0.05) is 18.4 Å². The van der Waals surface area contributed by atoms with Crippen LogP contribution in [0.25, 0.3) is 0 Å². The summed E-state index contributed by atoms with van der Waals surface area (Å²) in [5.74, 6) is 0. The number of rotatable bonds is 3. The van der Waals surface area contributed by atoms with Crippen LogP contribution in [-0.2, 0) is 6.54 Å². The Labute approximate surface area is 118 Å². The summed E-state index contributed by atoms with van der Waals surface area (Å²) in [6.45, 7) is 6.92. The van der Waals surface area contributed by atoms with Gasteiger partial charge in [0.05, 0.1) is 11.4 Å². The number of benzene rings is 1. The highest BCUT2D eigenvalue weighted by Crippen LogP contribution is 2.14. The van der Waals surface area contributed by atoms with Crippen LogP contribution in [-0.4, -0.2) is 14.9 Å². The molecule has 1 aromatic carbocycles. The Kier molecular flexibility index (Phi) is 4.16. The Morgan fingerprint density at radius 2 is 2.11 bits per heavy atom. The highest BCUT2D eigenvalue weighted by atomic mass is 32.1. The van der Waals surface area contributed by atoms with Crippen LogP contribution in [0.1, 0.15) is 18.2 Å². The minimum Gasteiger partial charge on any atom is -0.332 e. The van der Waals surface area contributed by atoms with E-state index in [1.54, 1.807) is 0 Å². The summed E-state index contributed by atoms with van der Waals surface area (Å²) in [5.41, 5.74) is 4.06. The van der Waals surface area contributed by atoms with E-state index in [1.807, 2.05) is 29.9 Å². The zero-order valence-electron chi connectivity index (χ0n) is 11.4. The summed E-state index contributed by atoms with van der Waals surface area (Å²) >= 11 is 5.31. The van der Waals surface area contributed by atoms with Crippen LogP contribution in [0.3, 0.4) is 0 Å². The standard InChI is InChI=1S/C14H18N4S/c1-4-18-9-13(11(3)17-18)16-14(19)15-12-7-5-6-10(2)8-12/h5-9H,4H2,1-3H3,(H2,15,16,19). The monoisotopic (exact) mass is 274 g/mol. The topological polar surface area (TPSA) is 41.9 Å². The van der Waals surface area contributed by atoms with Crippen molar-refractivity contribution in [2.75, 3.05) is 10.6 Å². The van der Waals surface area contributed by atoms with Crippen molar-refractivity contribution in [1.29, 1.82) is 0 Å². The molecule has 0 aliphatic carbocycles. The molecular formula is C14H18N4S. The fourth-order valence-electron chi connectivity index (χ4n) is 1.81. The predicted octanol–water partition coefficient (Wildman–Crippen LogP) is 3.33. The van der Waals surface area contributed by atoms with Gasteiger partial charge in [-0.1, -0.05) is 12.1 Å². The van der Waals surface area contributed by atoms with Crippen molar-refractivity contribution < 1.29 is 0 Å². The van der Waals surface area contributed by atoms with Gasteiger partial charge < -0.3 is 10.6 Å². The van der Waals surface area contributed by atoms with Gasteiger partial charge in [0.25, 0.3) is 0 Å². The Morgan fingerprint density at radius 1 is 1.32 bits per heavy atom. The Hall–Kier alpha value is -1.88. The SMILES string of the molecule is CCn1cc(NC(=S)Nc2cccc(C)c2)c(C)n1. The molecule has 1 heterocycles. The zero-order chi connectivity index (χ0) is 13.8. The van der Waals surface area contributed by atoms with Gasteiger partial charge >= 0.3 is 0 Å². The van der Waals surface area contributed by atoms with Crippen LogP contribution in [0.5, 0.6) is 0 Å². The maximum absolute atomic E-state index is 5.31. The second-order valence-electron chi connectivity index (χ2n) is 4.43. The molecule has 2 aromatic rings. The Bertz CT molecular complexity index is 589. The number of aromatic nitrogens is 2. The first-order chi connectivity index (χ1) is 9.08. The molecule has 2 N–H and O–H groups in total. The number of anilines is 2. The molecule has 0 atom stereocenters. The van der Waals surface area contributed by atoms with E-state index >= 15 is 0 Å². The van der Waals surface area contributed by atoms with Gasteiger partial charge in [-0.25, -0.2) is 0 Å². The van der Waals surface area contributed by atoms with E-state index < -0.39 is 0 Å². The van der Waals surface area contributed by atoms with Crippen LogP contribution in [0.15, 0.2) is 30.5 Å². The molecule has 0 amide bonds. The lowest BCUT2D eigenvalue weighted by Gasteiger charge is -2.10. The number of nitrogens with one attached hydrogen (secondary N) is 2. The molecular weight excluding hydrogens is 256 g/mol. The summed E-state index contributed by atoms with van der Waals surface area (Å²) in [7, 11) is 0. The second-order valence-corrected chi connectivity index (χ2v) is 4.84. The van der Waals surface area contributed by atoms with Crippen LogP contribution in [0, 0.1) is 13.8 Å². The van der Waals surface area contributed by atoms with Gasteiger partial charge in [-0.3, -0.25) is 4.68 Å². The van der Waals surface area contributed by atoms with Gasteiger partial charge in [-0.15, -0.1) is 0 Å². The highest BCUT2D eigenvalue weighted by molar-refractivity contribution is 7.80. The molecule has 1 aromatic heterocycles. The van der Waals surface area contributed by atoms with Gasteiger partial charge in [-0.2, -0.15) is 5.10 Å². The molecule has 0 aliphatic rings. The number of hydrogen-bond donors (Lipinski definition) is 2. The third-order valence-electron chi connectivity index (χ3n) is 2.79. The van der Waals surface area contributed by atoms with Crippen LogP contribution < -0.4 is 10.6 Å². The zero-order valence-corrected chi connectivity index (χ0v) is 12.2. The fraction of sp³-hybridized carbons (Fsp3) is 0.286. The molecule has 0 radical (unpaired) electrons. The molecule has 19 heavy (non-hydrogen) atoms. The van der Waals surface area contributed by atoms with Crippen LogP contribution in [0.2, 0.25) is 0 Å². The van der Waals surface area contributed by atoms with Crippen molar-refractivity contribution in [2.24, 2.45) is 0 Å². The average molecular weight is 274 g/mol. The summed E-state index contributed by atoms with van der Waals surface area (Å²) in [6, 6.07) is 8.09. The first kappa shape index (κ1) is 13.5. The molecule has 0 aliphatic heterocycles. The minimum atomic E-state index is 0.573. The first-order valence-corrected chi connectivity index (χ1v) is 6.68. The number of thiocarbonyl (C=S) groups is 1. The molecule has 2 rings (SSSR count). The lowest BCUT2D eigenvalue weighted by atomic mass is 10.2. The molecule has 0 fully saturated rings. The fourth-order valence-corrected chi connectivity index (χ4v) is 2.04. The smallest absolute Gasteiger partial charge is 0.175 e. The third-order valence-corrected chi connectivity index (χ3v) is 3.00. The maximum Gasteiger partial charge on any atom is 0.175 e. The molecule has 0 saturated heterocycles. The Morgan fingerprint density at radius 3 is 2.74 bits per heavy atom. The molecule has 5 heteroatoms. The highest BCUT2D eigenvalue weighted by Gasteiger charge is 2.06. The van der Waals surface area contributed by atoms with Crippen LogP contribution in [0.4, 0.5) is 11.4 Å². The van der Waals surface area contributed by atoms with Gasteiger partial charge in [-0.05, 0) is 50.7 Å². The molecule has 100 valence electrons. The Balaban J connectivity index is 2.03. The summed E-state index contributed by atoms with van der Waals surface area (Å²) in [4.78, 5) is 0. The van der Waals surface area contributed by atoms with Gasteiger partial charge in [0.1, 0.15) is 0 Å². The first-order valence-electron chi connectivity index (χ1n) is 6.27. The van der Waals surface area contributed by atoms with E-state index in [9.17, 15) is 0 Å². The normalized spacial score (nSPS) is 10.3. The van der Waals surface area contributed by atoms with Gasteiger partial charge in [0.2, 0.25) is 0 Å². The predicted molar refractivity (Wildman–Crippen MR) is 83.7 cm³/mol. The van der Waals surface area contributed by atoms with Crippen molar-refractivity contribution >= 4 is 28.7 Å².